The van der Waals surface area contributed by atoms with Crippen molar-refractivity contribution in [1.82, 2.24) is 4.90 Å². The van der Waals surface area contributed by atoms with Crippen molar-refractivity contribution < 1.29 is 19.0 Å². The molecule has 1 aromatic carbocycles. The van der Waals surface area contributed by atoms with Gasteiger partial charge in [0.2, 0.25) is 0 Å². The lowest BCUT2D eigenvalue weighted by molar-refractivity contribution is -0.143. The van der Waals surface area contributed by atoms with Crippen molar-refractivity contribution >= 4 is 5.91 Å². The van der Waals surface area contributed by atoms with E-state index in [1.165, 1.54) is 0 Å². The summed E-state index contributed by atoms with van der Waals surface area (Å²) >= 11 is 0. The Hall–Kier alpha value is -1.79. The van der Waals surface area contributed by atoms with Crippen LogP contribution >= 0.6 is 0 Å². The molecular weight excluding hydrogens is 332 g/mol. The Bertz CT molecular complexity index is 579. The summed E-state index contributed by atoms with van der Waals surface area (Å²) in [7, 11) is 1.63. The minimum absolute atomic E-state index is 0.00233. The van der Waals surface area contributed by atoms with Crippen molar-refractivity contribution in [2.24, 2.45) is 5.73 Å². The predicted molar refractivity (Wildman–Crippen MR) is 101 cm³/mol. The average molecular weight is 364 g/mol. The number of nitrogens with zero attached hydrogens (tertiary/aromatic N) is 1. The number of rotatable bonds is 10. The SMILES string of the molecule is CCCOc1ccc(CN(CCC)C(=O)[C@@H]2CC[C@H](CN)O2)cc1OC. The van der Waals surface area contributed by atoms with Gasteiger partial charge in [0, 0.05) is 19.6 Å². The van der Waals surface area contributed by atoms with Crippen LogP contribution in [0.5, 0.6) is 11.5 Å². The summed E-state index contributed by atoms with van der Waals surface area (Å²) in [6.45, 7) is 6.48. The monoisotopic (exact) mass is 364 g/mol. The highest BCUT2D eigenvalue weighted by molar-refractivity contribution is 5.81. The maximum Gasteiger partial charge on any atom is 0.252 e. The maximum atomic E-state index is 12.9. The zero-order valence-electron chi connectivity index (χ0n) is 16.2. The molecule has 6 heteroatoms. The molecule has 0 unspecified atom stereocenters. The van der Waals surface area contributed by atoms with Crippen LogP contribution in [0.3, 0.4) is 0 Å². The van der Waals surface area contributed by atoms with Gasteiger partial charge in [-0.15, -0.1) is 0 Å². The van der Waals surface area contributed by atoms with Gasteiger partial charge in [0.15, 0.2) is 11.5 Å². The smallest absolute Gasteiger partial charge is 0.252 e. The molecule has 1 aromatic rings. The van der Waals surface area contributed by atoms with E-state index in [0.29, 0.717) is 32.0 Å². The first-order chi connectivity index (χ1) is 12.6. The number of ether oxygens (including phenoxy) is 3. The van der Waals surface area contributed by atoms with Gasteiger partial charge in [0.25, 0.3) is 5.91 Å². The van der Waals surface area contributed by atoms with E-state index in [1.54, 1.807) is 7.11 Å². The summed E-state index contributed by atoms with van der Waals surface area (Å²) in [6.07, 6.45) is 3.06. The molecule has 0 aromatic heterocycles. The Morgan fingerprint density at radius 2 is 2.08 bits per heavy atom. The van der Waals surface area contributed by atoms with Gasteiger partial charge < -0.3 is 24.8 Å². The minimum atomic E-state index is -0.371. The topological polar surface area (TPSA) is 74.0 Å². The molecule has 26 heavy (non-hydrogen) atoms. The molecule has 1 amide bonds. The fourth-order valence-electron chi connectivity index (χ4n) is 3.16. The van der Waals surface area contributed by atoms with Gasteiger partial charge in [-0.1, -0.05) is 19.9 Å². The molecule has 1 heterocycles. The predicted octanol–water partition coefficient (Wildman–Crippen LogP) is 2.73. The molecule has 0 spiro atoms. The molecule has 0 bridgehead atoms. The zero-order chi connectivity index (χ0) is 18.9. The number of carbonyl (C=O) groups excluding carboxylic acids is 1. The number of benzene rings is 1. The summed E-state index contributed by atoms with van der Waals surface area (Å²) in [6, 6.07) is 5.84. The van der Waals surface area contributed by atoms with Crippen LogP contribution in [0.4, 0.5) is 0 Å². The van der Waals surface area contributed by atoms with Crippen LogP contribution in [-0.2, 0) is 16.1 Å². The Labute approximate surface area is 156 Å². The van der Waals surface area contributed by atoms with E-state index in [9.17, 15) is 4.79 Å². The lowest BCUT2D eigenvalue weighted by Gasteiger charge is -2.26. The van der Waals surface area contributed by atoms with E-state index < -0.39 is 0 Å². The third-order valence-electron chi connectivity index (χ3n) is 4.51. The van der Waals surface area contributed by atoms with Crippen LogP contribution in [0, 0.1) is 0 Å². The molecular formula is C20H32N2O4. The number of nitrogens with two attached hydrogens (primary N) is 1. The summed E-state index contributed by atoms with van der Waals surface area (Å²) in [4.78, 5) is 14.7. The van der Waals surface area contributed by atoms with Crippen molar-refractivity contribution in [2.45, 2.75) is 58.3 Å². The van der Waals surface area contributed by atoms with Crippen molar-refractivity contribution in [1.29, 1.82) is 0 Å². The van der Waals surface area contributed by atoms with E-state index in [-0.39, 0.29) is 18.1 Å². The number of carbonyl (C=O) groups is 1. The molecule has 2 atom stereocenters. The number of methoxy groups -OCH3 is 1. The molecule has 1 fully saturated rings. The highest BCUT2D eigenvalue weighted by Gasteiger charge is 2.32. The number of hydrogen-bond acceptors (Lipinski definition) is 5. The second-order valence-corrected chi connectivity index (χ2v) is 6.65. The van der Waals surface area contributed by atoms with E-state index in [1.807, 2.05) is 23.1 Å². The fraction of sp³-hybridized carbons (Fsp3) is 0.650. The van der Waals surface area contributed by atoms with Crippen LogP contribution in [0.25, 0.3) is 0 Å². The molecule has 0 saturated carbocycles. The molecule has 2 rings (SSSR count). The van der Waals surface area contributed by atoms with Crippen molar-refractivity contribution in [2.75, 3.05) is 26.8 Å². The van der Waals surface area contributed by atoms with Gasteiger partial charge >= 0.3 is 0 Å². The maximum absolute atomic E-state index is 12.9. The second-order valence-electron chi connectivity index (χ2n) is 6.65. The van der Waals surface area contributed by atoms with Crippen molar-refractivity contribution in [3.63, 3.8) is 0 Å². The molecule has 0 radical (unpaired) electrons. The molecule has 1 aliphatic rings. The van der Waals surface area contributed by atoms with Gasteiger partial charge in [0.05, 0.1) is 19.8 Å². The van der Waals surface area contributed by atoms with Gasteiger partial charge in [0.1, 0.15) is 6.10 Å². The highest BCUT2D eigenvalue weighted by Crippen LogP contribution is 2.29. The van der Waals surface area contributed by atoms with E-state index in [0.717, 1.165) is 37.0 Å². The minimum Gasteiger partial charge on any atom is -0.493 e. The Morgan fingerprint density at radius 1 is 1.27 bits per heavy atom. The zero-order valence-corrected chi connectivity index (χ0v) is 16.2. The summed E-state index contributed by atoms with van der Waals surface area (Å²) in [5, 5.41) is 0. The lowest BCUT2D eigenvalue weighted by atomic mass is 10.1. The molecule has 146 valence electrons. The van der Waals surface area contributed by atoms with Crippen LogP contribution in [-0.4, -0.2) is 49.8 Å². The van der Waals surface area contributed by atoms with Gasteiger partial charge in [-0.3, -0.25) is 4.79 Å². The second kappa shape index (κ2) is 10.4. The Kier molecular flexibility index (Phi) is 8.19. The van der Waals surface area contributed by atoms with E-state index in [4.69, 9.17) is 19.9 Å². The first-order valence-electron chi connectivity index (χ1n) is 9.56. The normalized spacial score (nSPS) is 19.4. The van der Waals surface area contributed by atoms with Crippen molar-refractivity contribution in [3.8, 4) is 11.5 Å². The highest BCUT2D eigenvalue weighted by atomic mass is 16.5. The van der Waals surface area contributed by atoms with Gasteiger partial charge in [-0.05, 0) is 43.4 Å². The third kappa shape index (κ3) is 5.35. The van der Waals surface area contributed by atoms with Crippen LogP contribution in [0.2, 0.25) is 0 Å². The van der Waals surface area contributed by atoms with Crippen LogP contribution in [0.1, 0.15) is 45.1 Å². The Balaban J connectivity index is 2.07. The molecule has 6 nitrogen and oxygen atoms in total. The quantitative estimate of drug-likeness (QED) is 0.691. The average Bonchev–Trinajstić information content (AvgIpc) is 3.15. The standard InChI is InChI=1S/C20H32N2O4/c1-4-10-22(20(23)18-9-7-16(13-21)26-18)14-15-6-8-17(25-11-5-2)19(12-15)24-3/h6,8,12,16,18H,4-5,7,9-11,13-14,21H2,1-3H3/t16-,18+/m1/s1. The molecule has 1 saturated heterocycles. The number of amides is 1. The first-order valence-corrected chi connectivity index (χ1v) is 9.56. The fourth-order valence-corrected chi connectivity index (χ4v) is 3.16. The first kappa shape index (κ1) is 20.5. The summed E-state index contributed by atoms with van der Waals surface area (Å²) < 4.78 is 16.9. The molecule has 1 aliphatic heterocycles. The van der Waals surface area contributed by atoms with Gasteiger partial charge in [-0.25, -0.2) is 0 Å². The van der Waals surface area contributed by atoms with Gasteiger partial charge in [-0.2, -0.15) is 0 Å². The molecule has 2 N–H and O–H groups in total. The van der Waals surface area contributed by atoms with Crippen molar-refractivity contribution in [3.05, 3.63) is 23.8 Å². The largest absolute Gasteiger partial charge is 0.493 e. The lowest BCUT2D eigenvalue weighted by Crippen LogP contribution is -2.39. The third-order valence-corrected chi connectivity index (χ3v) is 4.51. The van der Waals surface area contributed by atoms with Crippen LogP contribution in [0.15, 0.2) is 18.2 Å². The molecule has 0 aliphatic carbocycles. The van der Waals surface area contributed by atoms with E-state index in [2.05, 4.69) is 13.8 Å². The summed E-state index contributed by atoms with van der Waals surface area (Å²) in [5.74, 6) is 1.48. The Morgan fingerprint density at radius 3 is 2.69 bits per heavy atom. The van der Waals surface area contributed by atoms with Crippen LogP contribution < -0.4 is 15.2 Å². The summed E-state index contributed by atoms with van der Waals surface area (Å²) in [5.41, 5.74) is 6.67. The van der Waals surface area contributed by atoms with E-state index >= 15 is 0 Å². The number of hydrogen-bond donors (Lipinski definition) is 1.